The molecule has 8 nitrogen and oxygen atoms in total. The number of nitrogens with one attached hydrogen (secondary N) is 2. The molecule has 2 aliphatic rings. The number of hydrogen-bond donors (Lipinski definition) is 3. The number of methoxy groups -OCH3 is 1. The number of anilines is 1. The lowest BCUT2D eigenvalue weighted by Gasteiger charge is -2.19. The summed E-state index contributed by atoms with van der Waals surface area (Å²) in [7, 11) is 1.49. The van der Waals surface area contributed by atoms with Crippen LogP contribution in [0.4, 0.5) is 10.5 Å². The Morgan fingerprint density at radius 1 is 1.44 bits per heavy atom. The Morgan fingerprint density at radius 2 is 2.20 bits per heavy atom. The van der Waals surface area contributed by atoms with Gasteiger partial charge in [-0.3, -0.25) is 9.69 Å². The number of nitrogens with zero attached hydrogens (tertiary/aromatic N) is 1. The van der Waals surface area contributed by atoms with Crippen LogP contribution in [-0.4, -0.2) is 49.3 Å². The van der Waals surface area contributed by atoms with Crippen LogP contribution >= 0.6 is 0 Å². The van der Waals surface area contributed by atoms with E-state index in [1.54, 1.807) is 18.2 Å². The lowest BCUT2D eigenvalue weighted by Crippen LogP contribution is -2.41. The molecule has 25 heavy (non-hydrogen) atoms. The fourth-order valence-electron chi connectivity index (χ4n) is 2.89. The van der Waals surface area contributed by atoms with Crippen LogP contribution in [0.2, 0.25) is 0 Å². The number of benzene rings is 1. The molecule has 0 aromatic heterocycles. The normalized spacial score (nSPS) is 17.8. The third kappa shape index (κ3) is 3.84. The molecule has 134 valence electrons. The van der Waals surface area contributed by atoms with E-state index in [-0.39, 0.29) is 11.6 Å². The van der Waals surface area contributed by atoms with E-state index >= 15 is 0 Å². The van der Waals surface area contributed by atoms with Crippen molar-refractivity contribution in [3.05, 3.63) is 23.8 Å². The molecule has 3 amide bonds. The molecule has 1 aliphatic carbocycles. The molecule has 1 atom stereocenters. The fraction of sp³-hybridized carbons (Fsp3) is 0.471. The molecule has 0 radical (unpaired) electrons. The van der Waals surface area contributed by atoms with Gasteiger partial charge >= 0.3 is 12.0 Å². The SMILES string of the molecule is COc1ccc(C(=O)NC(CC2CC2)C(=O)O)cc1N1CCNC1=O. The van der Waals surface area contributed by atoms with Gasteiger partial charge < -0.3 is 20.5 Å². The highest BCUT2D eigenvalue weighted by atomic mass is 16.5. The van der Waals surface area contributed by atoms with Gasteiger partial charge in [0, 0.05) is 18.7 Å². The molecule has 1 heterocycles. The van der Waals surface area contributed by atoms with Crippen molar-refractivity contribution in [3.63, 3.8) is 0 Å². The maximum Gasteiger partial charge on any atom is 0.326 e. The Kier molecular flexibility index (Phi) is 4.78. The summed E-state index contributed by atoms with van der Waals surface area (Å²) in [5.41, 5.74) is 0.775. The average Bonchev–Trinajstić information content (AvgIpc) is 3.32. The van der Waals surface area contributed by atoms with Crippen LogP contribution in [0.3, 0.4) is 0 Å². The third-order valence-corrected chi connectivity index (χ3v) is 4.46. The van der Waals surface area contributed by atoms with Gasteiger partial charge in [0.05, 0.1) is 12.8 Å². The second kappa shape index (κ2) is 7.00. The number of carbonyl (C=O) groups excluding carboxylic acids is 2. The first-order chi connectivity index (χ1) is 12.0. The zero-order valence-corrected chi connectivity index (χ0v) is 13.9. The van der Waals surface area contributed by atoms with Gasteiger partial charge in [-0.05, 0) is 30.5 Å². The number of ether oxygens (including phenoxy) is 1. The molecular formula is C17H21N3O5. The Balaban J connectivity index is 1.79. The van der Waals surface area contributed by atoms with Gasteiger partial charge in [0.1, 0.15) is 11.8 Å². The summed E-state index contributed by atoms with van der Waals surface area (Å²) in [5, 5.41) is 14.6. The first-order valence-corrected chi connectivity index (χ1v) is 8.26. The number of urea groups is 1. The quantitative estimate of drug-likeness (QED) is 0.687. The number of carbonyl (C=O) groups is 3. The van der Waals surface area contributed by atoms with Gasteiger partial charge in [-0.2, -0.15) is 0 Å². The van der Waals surface area contributed by atoms with Crippen LogP contribution in [0.5, 0.6) is 5.75 Å². The zero-order chi connectivity index (χ0) is 18.0. The van der Waals surface area contributed by atoms with Crippen molar-refractivity contribution in [1.82, 2.24) is 10.6 Å². The molecule has 3 N–H and O–H groups in total. The van der Waals surface area contributed by atoms with Crippen molar-refractivity contribution < 1.29 is 24.2 Å². The number of aliphatic carboxylic acids is 1. The lowest BCUT2D eigenvalue weighted by molar-refractivity contribution is -0.139. The lowest BCUT2D eigenvalue weighted by atomic mass is 10.1. The summed E-state index contributed by atoms with van der Waals surface area (Å²) in [6.45, 7) is 0.987. The van der Waals surface area contributed by atoms with Crippen LogP contribution in [0, 0.1) is 5.92 Å². The molecule has 1 saturated carbocycles. The highest BCUT2D eigenvalue weighted by molar-refractivity contribution is 6.00. The second-order valence-corrected chi connectivity index (χ2v) is 6.31. The van der Waals surface area contributed by atoms with Crippen LogP contribution in [0.15, 0.2) is 18.2 Å². The summed E-state index contributed by atoms with van der Waals surface area (Å²) in [6.07, 6.45) is 2.46. The molecule has 2 fully saturated rings. The van der Waals surface area contributed by atoms with Gasteiger partial charge in [-0.1, -0.05) is 12.8 Å². The van der Waals surface area contributed by atoms with Crippen molar-refractivity contribution in [1.29, 1.82) is 0 Å². The Hall–Kier alpha value is -2.77. The minimum atomic E-state index is -1.03. The molecule has 1 aliphatic heterocycles. The van der Waals surface area contributed by atoms with Crippen molar-refractivity contribution in [2.45, 2.75) is 25.3 Å². The first kappa shape index (κ1) is 17.1. The maximum atomic E-state index is 12.5. The molecule has 3 rings (SSSR count). The van der Waals surface area contributed by atoms with Crippen LogP contribution < -0.4 is 20.3 Å². The molecule has 8 heteroatoms. The number of rotatable bonds is 7. The summed E-state index contributed by atoms with van der Waals surface area (Å²) in [6, 6.07) is 3.55. The van der Waals surface area contributed by atoms with Gasteiger partial charge in [0.25, 0.3) is 5.91 Å². The smallest absolute Gasteiger partial charge is 0.326 e. The Morgan fingerprint density at radius 3 is 2.76 bits per heavy atom. The number of carboxylic acids is 1. The molecule has 1 aromatic rings. The van der Waals surface area contributed by atoms with Crippen LogP contribution in [0.1, 0.15) is 29.6 Å². The third-order valence-electron chi connectivity index (χ3n) is 4.46. The predicted molar refractivity (Wildman–Crippen MR) is 90.0 cm³/mol. The van der Waals surface area contributed by atoms with Crippen LogP contribution in [0.25, 0.3) is 0 Å². The van der Waals surface area contributed by atoms with E-state index in [4.69, 9.17) is 4.74 Å². The van der Waals surface area contributed by atoms with E-state index < -0.39 is 17.9 Å². The number of amides is 3. The minimum Gasteiger partial charge on any atom is -0.495 e. The summed E-state index contributed by atoms with van der Waals surface area (Å²) in [5.74, 6) is -0.660. The molecule has 0 spiro atoms. The minimum absolute atomic E-state index is 0.256. The summed E-state index contributed by atoms with van der Waals surface area (Å²) < 4.78 is 5.27. The van der Waals surface area contributed by atoms with E-state index in [2.05, 4.69) is 10.6 Å². The van der Waals surface area contributed by atoms with E-state index in [0.29, 0.717) is 36.9 Å². The van der Waals surface area contributed by atoms with Gasteiger partial charge in [-0.15, -0.1) is 0 Å². The predicted octanol–water partition coefficient (Wildman–Crippen LogP) is 1.21. The molecule has 1 saturated heterocycles. The van der Waals surface area contributed by atoms with E-state index in [1.165, 1.54) is 12.0 Å². The average molecular weight is 347 g/mol. The van der Waals surface area contributed by atoms with Crippen molar-refractivity contribution in [2.75, 3.05) is 25.1 Å². The Bertz CT molecular complexity index is 702. The van der Waals surface area contributed by atoms with E-state index in [9.17, 15) is 19.5 Å². The molecule has 0 bridgehead atoms. The maximum absolute atomic E-state index is 12.5. The van der Waals surface area contributed by atoms with Crippen molar-refractivity contribution >= 4 is 23.6 Å². The van der Waals surface area contributed by atoms with E-state index in [0.717, 1.165) is 12.8 Å². The largest absolute Gasteiger partial charge is 0.495 e. The molecule has 1 aromatic carbocycles. The second-order valence-electron chi connectivity index (χ2n) is 6.31. The first-order valence-electron chi connectivity index (χ1n) is 8.26. The monoisotopic (exact) mass is 347 g/mol. The standard InChI is InChI=1S/C17H21N3O5/c1-25-14-5-4-11(9-13(14)20-7-6-18-17(20)24)15(21)19-12(16(22)23)8-10-2-3-10/h4-5,9-10,12H,2-3,6-8H2,1H3,(H,18,24)(H,19,21)(H,22,23). The summed E-state index contributed by atoms with van der Waals surface area (Å²) in [4.78, 5) is 37.2. The zero-order valence-electron chi connectivity index (χ0n) is 13.9. The summed E-state index contributed by atoms with van der Waals surface area (Å²) >= 11 is 0. The van der Waals surface area contributed by atoms with Gasteiger partial charge in [0.15, 0.2) is 0 Å². The van der Waals surface area contributed by atoms with Gasteiger partial charge in [-0.25, -0.2) is 9.59 Å². The number of hydrogen-bond acceptors (Lipinski definition) is 4. The molecular weight excluding hydrogens is 326 g/mol. The van der Waals surface area contributed by atoms with Crippen molar-refractivity contribution in [3.8, 4) is 5.75 Å². The highest BCUT2D eigenvalue weighted by Crippen LogP contribution is 2.34. The van der Waals surface area contributed by atoms with Crippen molar-refractivity contribution in [2.24, 2.45) is 5.92 Å². The highest BCUT2D eigenvalue weighted by Gasteiger charge is 2.31. The molecule has 1 unspecified atom stereocenters. The fourth-order valence-corrected chi connectivity index (χ4v) is 2.89. The number of carboxylic acid groups (broad SMARTS) is 1. The Labute approximate surface area is 145 Å². The van der Waals surface area contributed by atoms with E-state index in [1.807, 2.05) is 0 Å². The topological polar surface area (TPSA) is 108 Å². The van der Waals surface area contributed by atoms with Gasteiger partial charge in [0.2, 0.25) is 0 Å². The van der Waals surface area contributed by atoms with Crippen LogP contribution in [-0.2, 0) is 4.79 Å².